The minimum Gasteiger partial charge on any atom is -0.465 e. The first-order chi connectivity index (χ1) is 5.72. The van der Waals surface area contributed by atoms with Gasteiger partial charge in [0.15, 0.2) is 0 Å². The first-order valence-corrected chi connectivity index (χ1v) is 5.48. The SMILES string of the molecule is CCNCC[C@@H](I)C(=O)OCC. The molecular formula is C8H16INO2. The van der Waals surface area contributed by atoms with E-state index in [1.165, 1.54) is 0 Å². The van der Waals surface area contributed by atoms with Crippen LogP contribution in [0.3, 0.4) is 0 Å². The van der Waals surface area contributed by atoms with Crippen LogP contribution in [0.5, 0.6) is 0 Å². The molecule has 0 fully saturated rings. The van der Waals surface area contributed by atoms with E-state index in [-0.39, 0.29) is 9.89 Å². The zero-order valence-corrected chi connectivity index (χ0v) is 9.76. The topological polar surface area (TPSA) is 38.3 Å². The van der Waals surface area contributed by atoms with Crippen molar-refractivity contribution >= 4 is 28.6 Å². The van der Waals surface area contributed by atoms with Crippen LogP contribution in [0.1, 0.15) is 20.3 Å². The third-order valence-corrected chi connectivity index (χ3v) is 2.50. The molecule has 4 heteroatoms. The summed E-state index contributed by atoms with van der Waals surface area (Å²) in [6.45, 7) is 6.17. The second kappa shape index (κ2) is 7.79. The number of ether oxygens (including phenoxy) is 1. The van der Waals surface area contributed by atoms with Gasteiger partial charge < -0.3 is 10.1 Å². The molecule has 0 aliphatic rings. The lowest BCUT2D eigenvalue weighted by Crippen LogP contribution is -2.23. The van der Waals surface area contributed by atoms with Crippen LogP contribution in [-0.4, -0.2) is 29.6 Å². The highest BCUT2D eigenvalue weighted by Gasteiger charge is 2.14. The van der Waals surface area contributed by atoms with E-state index in [2.05, 4.69) is 27.9 Å². The van der Waals surface area contributed by atoms with Gasteiger partial charge in [-0.3, -0.25) is 4.79 Å². The molecule has 0 heterocycles. The van der Waals surface area contributed by atoms with Gasteiger partial charge in [0.2, 0.25) is 0 Å². The van der Waals surface area contributed by atoms with E-state index in [1.807, 2.05) is 13.8 Å². The summed E-state index contributed by atoms with van der Waals surface area (Å²) in [5.41, 5.74) is 0. The van der Waals surface area contributed by atoms with Crippen LogP contribution < -0.4 is 5.32 Å². The monoisotopic (exact) mass is 285 g/mol. The molecular weight excluding hydrogens is 269 g/mol. The number of nitrogens with one attached hydrogen (secondary N) is 1. The Bertz CT molecular complexity index is 130. The molecule has 0 aliphatic heterocycles. The highest BCUT2D eigenvalue weighted by molar-refractivity contribution is 14.1. The van der Waals surface area contributed by atoms with Crippen LogP contribution in [0, 0.1) is 0 Å². The van der Waals surface area contributed by atoms with Crippen LogP contribution in [0.25, 0.3) is 0 Å². The van der Waals surface area contributed by atoms with Crippen molar-refractivity contribution in [2.45, 2.75) is 24.2 Å². The number of halogens is 1. The maximum absolute atomic E-state index is 11.1. The fourth-order valence-electron chi connectivity index (χ4n) is 0.756. The molecule has 0 aromatic rings. The molecule has 1 atom stereocenters. The number of carbonyl (C=O) groups is 1. The largest absolute Gasteiger partial charge is 0.465 e. The van der Waals surface area contributed by atoms with Crippen LogP contribution >= 0.6 is 22.6 Å². The van der Waals surface area contributed by atoms with Crippen molar-refractivity contribution in [3.8, 4) is 0 Å². The third kappa shape index (κ3) is 5.77. The number of hydrogen-bond acceptors (Lipinski definition) is 3. The number of carbonyl (C=O) groups excluding carboxylic acids is 1. The maximum Gasteiger partial charge on any atom is 0.318 e. The van der Waals surface area contributed by atoms with Gasteiger partial charge in [-0.05, 0) is 26.4 Å². The molecule has 12 heavy (non-hydrogen) atoms. The van der Waals surface area contributed by atoms with E-state index < -0.39 is 0 Å². The number of esters is 1. The Hall–Kier alpha value is 0.160. The first-order valence-electron chi connectivity index (χ1n) is 4.23. The molecule has 0 spiro atoms. The Kier molecular flexibility index (Phi) is 7.89. The average molecular weight is 285 g/mol. The van der Waals surface area contributed by atoms with Gasteiger partial charge in [0.1, 0.15) is 3.92 Å². The van der Waals surface area contributed by atoms with Crippen molar-refractivity contribution in [2.75, 3.05) is 19.7 Å². The van der Waals surface area contributed by atoms with Gasteiger partial charge in [-0.2, -0.15) is 0 Å². The summed E-state index contributed by atoms with van der Waals surface area (Å²) < 4.78 is 4.85. The van der Waals surface area contributed by atoms with Gasteiger partial charge in [0, 0.05) is 0 Å². The van der Waals surface area contributed by atoms with Crippen LogP contribution in [-0.2, 0) is 9.53 Å². The molecule has 3 nitrogen and oxygen atoms in total. The van der Waals surface area contributed by atoms with Crippen molar-refractivity contribution in [1.29, 1.82) is 0 Å². The van der Waals surface area contributed by atoms with E-state index in [0.717, 1.165) is 19.5 Å². The summed E-state index contributed by atoms with van der Waals surface area (Å²) in [5.74, 6) is -0.101. The zero-order valence-electron chi connectivity index (χ0n) is 7.60. The zero-order chi connectivity index (χ0) is 9.40. The van der Waals surface area contributed by atoms with E-state index in [0.29, 0.717) is 6.61 Å². The minimum atomic E-state index is -0.101. The summed E-state index contributed by atoms with van der Waals surface area (Å²) in [4.78, 5) is 11.1. The lowest BCUT2D eigenvalue weighted by molar-refractivity contribution is -0.142. The Morgan fingerprint density at radius 1 is 1.58 bits per heavy atom. The highest BCUT2D eigenvalue weighted by Crippen LogP contribution is 2.07. The fourth-order valence-corrected chi connectivity index (χ4v) is 1.25. The summed E-state index contributed by atoms with van der Waals surface area (Å²) in [5, 5.41) is 3.16. The highest BCUT2D eigenvalue weighted by atomic mass is 127. The maximum atomic E-state index is 11.1. The first kappa shape index (κ1) is 12.2. The summed E-state index contributed by atoms with van der Waals surface area (Å²) in [7, 11) is 0. The quantitative estimate of drug-likeness (QED) is 0.346. The van der Waals surface area contributed by atoms with Gasteiger partial charge in [-0.15, -0.1) is 0 Å². The van der Waals surface area contributed by atoms with Gasteiger partial charge in [-0.25, -0.2) is 0 Å². The molecule has 0 amide bonds. The molecule has 0 bridgehead atoms. The Morgan fingerprint density at radius 3 is 2.75 bits per heavy atom. The van der Waals surface area contributed by atoms with E-state index in [4.69, 9.17) is 4.74 Å². The van der Waals surface area contributed by atoms with E-state index >= 15 is 0 Å². The lowest BCUT2D eigenvalue weighted by Gasteiger charge is -2.08. The van der Waals surface area contributed by atoms with Crippen molar-refractivity contribution in [3.05, 3.63) is 0 Å². The van der Waals surface area contributed by atoms with E-state index in [9.17, 15) is 4.79 Å². The molecule has 72 valence electrons. The standard InChI is InChI=1S/C8H16INO2/c1-3-10-6-5-7(9)8(11)12-4-2/h7,10H,3-6H2,1-2H3/t7-/m1/s1. The Labute approximate surface area is 87.4 Å². The van der Waals surface area contributed by atoms with Crippen LogP contribution in [0.4, 0.5) is 0 Å². The molecule has 1 N–H and O–H groups in total. The van der Waals surface area contributed by atoms with Crippen LogP contribution in [0.15, 0.2) is 0 Å². The second-order valence-corrected chi connectivity index (χ2v) is 3.87. The molecule has 0 unspecified atom stereocenters. The molecule has 0 aromatic heterocycles. The molecule has 0 rings (SSSR count). The van der Waals surface area contributed by atoms with Gasteiger partial charge in [0.25, 0.3) is 0 Å². The Balaban J connectivity index is 3.42. The molecule has 0 aliphatic carbocycles. The summed E-state index contributed by atoms with van der Waals surface area (Å²) >= 11 is 2.12. The van der Waals surface area contributed by atoms with E-state index in [1.54, 1.807) is 0 Å². The van der Waals surface area contributed by atoms with Gasteiger partial charge >= 0.3 is 5.97 Å². The predicted molar refractivity (Wildman–Crippen MR) is 57.6 cm³/mol. The van der Waals surface area contributed by atoms with Gasteiger partial charge in [0.05, 0.1) is 6.61 Å². The number of hydrogen-bond donors (Lipinski definition) is 1. The normalized spacial score (nSPS) is 12.6. The molecule has 0 radical (unpaired) electrons. The van der Waals surface area contributed by atoms with Crippen molar-refractivity contribution in [1.82, 2.24) is 5.32 Å². The van der Waals surface area contributed by atoms with Crippen molar-refractivity contribution in [2.24, 2.45) is 0 Å². The van der Waals surface area contributed by atoms with Crippen molar-refractivity contribution < 1.29 is 9.53 Å². The summed E-state index contributed by atoms with van der Waals surface area (Å²) in [6, 6.07) is 0. The third-order valence-electron chi connectivity index (χ3n) is 1.37. The molecule has 0 saturated heterocycles. The average Bonchev–Trinajstić information content (AvgIpc) is 2.05. The smallest absolute Gasteiger partial charge is 0.318 e. The van der Waals surface area contributed by atoms with Crippen molar-refractivity contribution in [3.63, 3.8) is 0 Å². The van der Waals surface area contributed by atoms with Crippen LogP contribution in [0.2, 0.25) is 0 Å². The molecule has 0 aromatic carbocycles. The lowest BCUT2D eigenvalue weighted by atomic mass is 10.3. The second-order valence-electron chi connectivity index (χ2n) is 2.36. The fraction of sp³-hybridized carbons (Fsp3) is 0.875. The predicted octanol–water partition coefficient (Wildman–Crippen LogP) is 1.35. The summed E-state index contributed by atoms with van der Waals surface area (Å²) in [6.07, 6.45) is 0.841. The Morgan fingerprint density at radius 2 is 2.25 bits per heavy atom. The number of rotatable bonds is 6. The van der Waals surface area contributed by atoms with Gasteiger partial charge in [-0.1, -0.05) is 29.5 Å². The number of alkyl halides is 1. The minimum absolute atomic E-state index is 0.0124. The molecule has 0 saturated carbocycles.